The Kier molecular flexibility index (Phi) is 4.65. The Morgan fingerprint density at radius 1 is 1.07 bits per heavy atom. The molecular weight excluding hydrogens is 356 g/mol. The van der Waals surface area contributed by atoms with E-state index in [-0.39, 0.29) is 6.04 Å². The summed E-state index contributed by atoms with van der Waals surface area (Å²) in [5.41, 5.74) is 1.35. The van der Waals surface area contributed by atoms with Gasteiger partial charge in [-0.3, -0.25) is 14.2 Å². The van der Waals surface area contributed by atoms with Crippen LogP contribution < -0.4 is 16.0 Å². The van der Waals surface area contributed by atoms with Crippen LogP contribution in [-0.2, 0) is 13.5 Å². The smallest absolute Gasteiger partial charge is 0.317 e. The van der Waals surface area contributed by atoms with Gasteiger partial charge in [0.05, 0.1) is 23.5 Å². The van der Waals surface area contributed by atoms with Gasteiger partial charge in [0.15, 0.2) is 0 Å². The summed E-state index contributed by atoms with van der Waals surface area (Å²) in [5.74, 6) is 0.626. The molecule has 1 saturated heterocycles. The van der Waals surface area contributed by atoms with Crippen molar-refractivity contribution < 1.29 is 0 Å². The highest BCUT2D eigenvalue weighted by Gasteiger charge is 2.25. The van der Waals surface area contributed by atoms with Gasteiger partial charge in [0.1, 0.15) is 0 Å². The van der Waals surface area contributed by atoms with E-state index in [0.29, 0.717) is 25.5 Å². The van der Waals surface area contributed by atoms with Crippen LogP contribution in [0.5, 0.6) is 0 Å². The number of hydrogen-bond acceptors (Lipinski definition) is 6. The van der Waals surface area contributed by atoms with Crippen molar-refractivity contribution in [2.24, 2.45) is 7.05 Å². The lowest BCUT2D eigenvalue weighted by Crippen LogP contribution is -2.45. The number of nitriles is 1. The SMILES string of the molecule is Cn1c(=O)c(=O)n(C2CCN(c3ncc(CC#N)cn3)CC2)c2ccccc21. The molecule has 142 valence electrons. The van der Waals surface area contributed by atoms with Crippen LogP contribution in [0.15, 0.2) is 46.2 Å². The van der Waals surface area contributed by atoms with Gasteiger partial charge in [0.25, 0.3) is 0 Å². The third-order valence-corrected chi connectivity index (χ3v) is 5.30. The second kappa shape index (κ2) is 7.27. The molecule has 3 heterocycles. The molecule has 0 aliphatic carbocycles. The molecule has 1 aliphatic heterocycles. The number of fused-ring (bicyclic) bond motifs is 1. The lowest BCUT2D eigenvalue weighted by Gasteiger charge is -2.33. The highest BCUT2D eigenvalue weighted by molar-refractivity contribution is 5.75. The highest BCUT2D eigenvalue weighted by Crippen LogP contribution is 2.26. The number of aromatic nitrogens is 4. The van der Waals surface area contributed by atoms with Crippen molar-refractivity contribution in [3.63, 3.8) is 0 Å². The van der Waals surface area contributed by atoms with Gasteiger partial charge < -0.3 is 9.47 Å². The van der Waals surface area contributed by atoms with Crippen LogP contribution in [0.3, 0.4) is 0 Å². The maximum absolute atomic E-state index is 12.7. The van der Waals surface area contributed by atoms with Crippen LogP contribution in [0, 0.1) is 11.3 Å². The number of rotatable bonds is 3. The molecule has 0 amide bonds. The minimum absolute atomic E-state index is 0.0413. The fourth-order valence-corrected chi connectivity index (χ4v) is 3.80. The molecule has 0 atom stereocenters. The summed E-state index contributed by atoms with van der Waals surface area (Å²) in [6, 6.07) is 9.54. The normalized spacial score (nSPS) is 14.9. The fraction of sp³-hybridized carbons (Fsp3) is 0.350. The Morgan fingerprint density at radius 2 is 1.71 bits per heavy atom. The van der Waals surface area contributed by atoms with Crippen LogP contribution in [0.2, 0.25) is 0 Å². The van der Waals surface area contributed by atoms with Gasteiger partial charge in [-0.2, -0.15) is 5.26 Å². The first kappa shape index (κ1) is 17.9. The molecule has 8 heteroatoms. The highest BCUT2D eigenvalue weighted by atomic mass is 16.2. The van der Waals surface area contributed by atoms with Crippen LogP contribution in [0.1, 0.15) is 24.4 Å². The van der Waals surface area contributed by atoms with E-state index >= 15 is 0 Å². The van der Waals surface area contributed by atoms with Crippen molar-refractivity contribution >= 4 is 17.0 Å². The van der Waals surface area contributed by atoms with Crippen molar-refractivity contribution in [2.75, 3.05) is 18.0 Å². The molecule has 3 aromatic rings. The van der Waals surface area contributed by atoms with Crippen molar-refractivity contribution in [1.29, 1.82) is 5.26 Å². The number of benzene rings is 1. The van der Waals surface area contributed by atoms with Crippen LogP contribution in [0.25, 0.3) is 11.0 Å². The van der Waals surface area contributed by atoms with Crippen molar-refractivity contribution in [3.8, 4) is 6.07 Å². The van der Waals surface area contributed by atoms with Gasteiger partial charge in [0, 0.05) is 44.1 Å². The number of aryl methyl sites for hydroxylation is 1. The van der Waals surface area contributed by atoms with Gasteiger partial charge in [-0.25, -0.2) is 9.97 Å². The molecular formula is C20H20N6O2. The van der Waals surface area contributed by atoms with E-state index in [1.807, 2.05) is 24.3 Å². The predicted octanol–water partition coefficient (Wildman–Crippen LogP) is 1.40. The third kappa shape index (κ3) is 3.05. The van der Waals surface area contributed by atoms with Gasteiger partial charge in [-0.15, -0.1) is 0 Å². The Labute approximate surface area is 161 Å². The Morgan fingerprint density at radius 3 is 2.36 bits per heavy atom. The average Bonchev–Trinajstić information content (AvgIpc) is 2.74. The minimum Gasteiger partial charge on any atom is -0.341 e. The van der Waals surface area contributed by atoms with E-state index in [4.69, 9.17) is 5.26 Å². The lowest BCUT2D eigenvalue weighted by molar-refractivity contribution is 0.391. The van der Waals surface area contributed by atoms with Crippen LogP contribution >= 0.6 is 0 Å². The first-order valence-electron chi connectivity index (χ1n) is 9.23. The zero-order valence-electron chi connectivity index (χ0n) is 15.6. The van der Waals surface area contributed by atoms with Crippen LogP contribution in [0.4, 0.5) is 5.95 Å². The molecule has 0 saturated carbocycles. The lowest BCUT2D eigenvalue weighted by atomic mass is 10.0. The molecule has 1 aliphatic rings. The molecule has 0 bridgehead atoms. The molecule has 0 radical (unpaired) electrons. The van der Waals surface area contributed by atoms with Gasteiger partial charge >= 0.3 is 11.1 Å². The Hall–Kier alpha value is -3.47. The molecule has 8 nitrogen and oxygen atoms in total. The topological polar surface area (TPSA) is 96.8 Å². The van der Waals surface area contributed by atoms with Crippen molar-refractivity contribution in [1.82, 2.24) is 19.1 Å². The zero-order valence-corrected chi connectivity index (χ0v) is 15.6. The number of para-hydroxylation sites is 2. The van der Waals surface area contributed by atoms with Crippen molar-refractivity contribution in [2.45, 2.75) is 25.3 Å². The summed E-state index contributed by atoms with van der Waals surface area (Å²) >= 11 is 0. The summed E-state index contributed by atoms with van der Waals surface area (Å²) in [4.78, 5) is 35.9. The third-order valence-electron chi connectivity index (χ3n) is 5.30. The number of piperidine rings is 1. The van der Waals surface area contributed by atoms with E-state index in [1.165, 1.54) is 4.57 Å². The molecule has 4 rings (SSSR count). The van der Waals surface area contributed by atoms with Gasteiger partial charge in [0.2, 0.25) is 5.95 Å². The number of nitrogens with zero attached hydrogens (tertiary/aromatic N) is 6. The van der Waals surface area contributed by atoms with Crippen LogP contribution in [-0.4, -0.2) is 32.2 Å². The maximum atomic E-state index is 12.7. The molecule has 0 unspecified atom stereocenters. The largest absolute Gasteiger partial charge is 0.341 e. The summed E-state index contributed by atoms with van der Waals surface area (Å²) in [6.07, 6.45) is 5.09. The first-order chi connectivity index (χ1) is 13.6. The first-order valence-corrected chi connectivity index (χ1v) is 9.23. The summed E-state index contributed by atoms with van der Waals surface area (Å²) in [5, 5.41) is 8.74. The Bertz CT molecular complexity index is 1160. The van der Waals surface area contributed by atoms with Gasteiger partial charge in [-0.05, 0) is 25.0 Å². The fourth-order valence-electron chi connectivity index (χ4n) is 3.80. The van der Waals surface area contributed by atoms with E-state index < -0.39 is 11.1 Å². The minimum atomic E-state index is -0.502. The number of hydrogen-bond donors (Lipinski definition) is 0. The predicted molar refractivity (Wildman–Crippen MR) is 105 cm³/mol. The molecule has 1 aromatic carbocycles. The van der Waals surface area contributed by atoms with Gasteiger partial charge in [-0.1, -0.05) is 12.1 Å². The molecule has 0 N–H and O–H groups in total. The molecule has 2 aromatic heterocycles. The Balaban J connectivity index is 1.60. The molecule has 0 spiro atoms. The quantitative estimate of drug-likeness (QED) is 0.641. The van der Waals surface area contributed by atoms with Crippen molar-refractivity contribution in [3.05, 3.63) is 62.9 Å². The van der Waals surface area contributed by atoms with E-state index in [9.17, 15) is 9.59 Å². The average molecular weight is 376 g/mol. The zero-order chi connectivity index (χ0) is 19.7. The summed E-state index contributed by atoms with van der Waals surface area (Å²) < 4.78 is 3.08. The monoisotopic (exact) mass is 376 g/mol. The van der Waals surface area contributed by atoms with E-state index in [0.717, 1.165) is 29.4 Å². The number of anilines is 1. The summed E-state index contributed by atoms with van der Waals surface area (Å²) in [7, 11) is 1.63. The van der Waals surface area contributed by atoms with E-state index in [1.54, 1.807) is 24.0 Å². The van der Waals surface area contributed by atoms with E-state index in [2.05, 4.69) is 20.9 Å². The maximum Gasteiger partial charge on any atom is 0.317 e. The molecule has 28 heavy (non-hydrogen) atoms. The molecule has 1 fully saturated rings. The second-order valence-electron chi connectivity index (χ2n) is 6.97. The standard InChI is InChI=1S/C20H20N6O2/c1-24-16-4-2-3-5-17(16)26(19(28)18(24)27)15-7-10-25(11-8-15)20-22-12-14(6-9-21)13-23-20/h2-5,12-13,15H,6-8,10-11H2,1H3. The second-order valence-corrected chi connectivity index (χ2v) is 6.97. The summed E-state index contributed by atoms with van der Waals surface area (Å²) in [6.45, 7) is 1.39.